The lowest BCUT2D eigenvalue weighted by Crippen LogP contribution is -2.28. The van der Waals surface area contributed by atoms with Crippen molar-refractivity contribution in [1.82, 2.24) is 0 Å². The summed E-state index contributed by atoms with van der Waals surface area (Å²) in [5, 5.41) is 11.9. The molecule has 0 aliphatic carbocycles. The maximum Gasteiger partial charge on any atom is 0.225 e. The number of hydrogen-bond donors (Lipinski definition) is 1. The van der Waals surface area contributed by atoms with Gasteiger partial charge in [0.25, 0.3) is 0 Å². The molecular weight excluding hydrogens is 302 g/mol. The Morgan fingerprint density at radius 1 is 1.21 bits per heavy atom. The van der Waals surface area contributed by atoms with E-state index in [9.17, 15) is 9.59 Å². The van der Waals surface area contributed by atoms with Gasteiger partial charge in [0, 0.05) is 31.5 Å². The fourth-order valence-electron chi connectivity index (χ4n) is 3.08. The molecule has 5 nitrogen and oxygen atoms in total. The van der Waals surface area contributed by atoms with Gasteiger partial charge in [-0.05, 0) is 23.8 Å². The van der Waals surface area contributed by atoms with Crippen LogP contribution >= 0.6 is 0 Å². The Hall–Kier alpha value is -3.13. The van der Waals surface area contributed by atoms with Gasteiger partial charge in [0.2, 0.25) is 11.8 Å². The van der Waals surface area contributed by atoms with Crippen LogP contribution in [0.5, 0.6) is 0 Å². The molecule has 5 heteroatoms. The average molecular weight is 319 g/mol. The van der Waals surface area contributed by atoms with Gasteiger partial charge in [-0.1, -0.05) is 30.3 Å². The van der Waals surface area contributed by atoms with Gasteiger partial charge >= 0.3 is 0 Å². The van der Waals surface area contributed by atoms with Gasteiger partial charge in [-0.25, -0.2) is 0 Å². The molecule has 1 N–H and O–H groups in total. The molecule has 1 unspecified atom stereocenters. The molecule has 1 atom stereocenters. The monoisotopic (exact) mass is 319 g/mol. The highest BCUT2D eigenvalue weighted by Crippen LogP contribution is 2.38. The third kappa shape index (κ3) is 2.99. The van der Waals surface area contributed by atoms with Gasteiger partial charge in [-0.15, -0.1) is 0 Å². The molecule has 2 aromatic rings. The van der Waals surface area contributed by atoms with E-state index in [0.717, 1.165) is 11.3 Å². The fourth-order valence-corrected chi connectivity index (χ4v) is 3.08. The number of amides is 2. The lowest BCUT2D eigenvalue weighted by molar-refractivity contribution is -0.118. The summed E-state index contributed by atoms with van der Waals surface area (Å²) in [5.74, 6) is -0.234. The van der Waals surface area contributed by atoms with E-state index in [4.69, 9.17) is 5.26 Å². The van der Waals surface area contributed by atoms with Crippen molar-refractivity contribution in [3.8, 4) is 6.07 Å². The second kappa shape index (κ2) is 6.55. The molecule has 2 amide bonds. The number of benzene rings is 2. The van der Waals surface area contributed by atoms with Crippen LogP contribution in [0.1, 0.15) is 30.4 Å². The first-order valence-electron chi connectivity index (χ1n) is 7.76. The number of nitrogens with zero attached hydrogens (tertiary/aromatic N) is 2. The van der Waals surface area contributed by atoms with Crippen LogP contribution in [0.25, 0.3) is 0 Å². The number of anilines is 2. The molecule has 0 saturated carbocycles. The van der Waals surface area contributed by atoms with Gasteiger partial charge in [-0.3, -0.25) is 9.59 Å². The molecule has 0 aromatic heterocycles. The molecular formula is C19H17N3O2. The zero-order chi connectivity index (χ0) is 17.1. The predicted molar refractivity (Wildman–Crippen MR) is 91.6 cm³/mol. The van der Waals surface area contributed by atoms with Crippen molar-refractivity contribution in [3.63, 3.8) is 0 Å². The van der Waals surface area contributed by atoms with Crippen LogP contribution in [0.15, 0.2) is 48.5 Å². The highest BCUT2D eigenvalue weighted by molar-refractivity contribution is 5.96. The Labute approximate surface area is 140 Å². The molecule has 0 bridgehead atoms. The third-order valence-electron chi connectivity index (χ3n) is 4.20. The topological polar surface area (TPSA) is 73.2 Å². The largest absolute Gasteiger partial charge is 0.325 e. The molecule has 0 saturated heterocycles. The van der Waals surface area contributed by atoms with Crippen LogP contribution in [0.4, 0.5) is 11.4 Å². The highest BCUT2D eigenvalue weighted by atomic mass is 16.2. The van der Waals surface area contributed by atoms with Crippen LogP contribution < -0.4 is 10.2 Å². The molecule has 1 heterocycles. The summed E-state index contributed by atoms with van der Waals surface area (Å²) in [6.45, 7) is 2.03. The molecule has 2 aromatic carbocycles. The number of nitriles is 1. The minimum Gasteiger partial charge on any atom is -0.325 e. The second-order valence-corrected chi connectivity index (χ2v) is 5.80. The third-order valence-corrected chi connectivity index (χ3v) is 4.20. The molecule has 120 valence electrons. The smallest absolute Gasteiger partial charge is 0.225 e. The molecule has 0 radical (unpaired) electrons. The first-order chi connectivity index (χ1) is 11.6. The normalized spacial score (nSPS) is 15.5. The Morgan fingerprint density at radius 3 is 2.67 bits per heavy atom. The number of rotatable bonds is 3. The van der Waals surface area contributed by atoms with Crippen molar-refractivity contribution < 1.29 is 9.59 Å². The summed E-state index contributed by atoms with van der Waals surface area (Å²) in [6, 6.07) is 16.6. The number of para-hydroxylation sites is 2. The molecule has 24 heavy (non-hydrogen) atoms. The molecule has 1 aliphatic rings. The number of nitrogens with one attached hydrogen (secondary N) is 1. The van der Waals surface area contributed by atoms with Gasteiger partial charge < -0.3 is 10.2 Å². The van der Waals surface area contributed by atoms with Crippen LogP contribution in [0.2, 0.25) is 0 Å². The Morgan fingerprint density at radius 2 is 1.92 bits per heavy atom. The van der Waals surface area contributed by atoms with E-state index in [1.807, 2.05) is 24.3 Å². The average Bonchev–Trinajstić information content (AvgIpc) is 2.94. The summed E-state index contributed by atoms with van der Waals surface area (Å²) in [6.07, 6.45) is 0.264. The number of carbonyl (C=O) groups excluding carboxylic acids is 2. The zero-order valence-electron chi connectivity index (χ0n) is 13.3. The SMILES string of the molecule is CC(=O)N1CC(CC(=O)Nc2ccccc2C#N)c2ccccc21. The van der Waals surface area contributed by atoms with Gasteiger partial charge in [0.05, 0.1) is 11.3 Å². The van der Waals surface area contributed by atoms with Gasteiger partial charge in [0.1, 0.15) is 6.07 Å². The summed E-state index contributed by atoms with van der Waals surface area (Å²) < 4.78 is 0. The van der Waals surface area contributed by atoms with Crippen LogP contribution in [0.3, 0.4) is 0 Å². The summed E-state index contributed by atoms with van der Waals surface area (Å²) in [4.78, 5) is 25.9. The predicted octanol–water partition coefficient (Wildman–Crippen LogP) is 3.04. The Kier molecular flexibility index (Phi) is 4.30. The van der Waals surface area contributed by atoms with Crippen LogP contribution in [-0.4, -0.2) is 18.4 Å². The second-order valence-electron chi connectivity index (χ2n) is 5.80. The number of hydrogen-bond acceptors (Lipinski definition) is 3. The fraction of sp³-hybridized carbons (Fsp3) is 0.211. The first kappa shape index (κ1) is 15.8. The lowest BCUT2D eigenvalue weighted by atomic mass is 9.97. The van der Waals surface area contributed by atoms with E-state index in [1.54, 1.807) is 29.2 Å². The lowest BCUT2D eigenvalue weighted by Gasteiger charge is -2.15. The number of carbonyl (C=O) groups is 2. The van der Waals surface area contributed by atoms with Crippen LogP contribution in [-0.2, 0) is 9.59 Å². The van der Waals surface area contributed by atoms with E-state index in [0.29, 0.717) is 17.8 Å². The minimum absolute atomic E-state index is 0.0276. The Bertz CT molecular complexity index is 839. The zero-order valence-corrected chi connectivity index (χ0v) is 13.3. The standard InChI is InChI=1S/C19H17N3O2/c1-13(23)22-12-15(16-7-3-5-9-18(16)22)10-19(24)21-17-8-4-2-6-14(17)11-20/h2-9,15H,10,12H2,1H3,(H,21,24). The molecule has 0 spiro atoms. The van der Waals surface area contributed by atoms with Crippen molar-refractivity contribution in [1.29, 1.82) is 5.26 Å². The molecule has 3 rings (SSSR count). The highest BCUT2D eigenvalue weighted by Gasteiger charge is 2.31. The van der Waals surface area contributed by atoms with E-state index in [2.05, 4.69) is 11.4 Å². The van der Waals surface area contributed by atoms with Crippen molar-refractivity contribution in [2.75, 3.05) is 16.8 Å². The van der Waals surface area contributed by atoms with Crippen molar-refractivity contribution in [2.24, 2.45) is 0 Å². The van der Waals surface area contributed by atoms with E-state index >= 15 is 0 Å². The van der Waals surface area contributed by atoms with E-state index < -0.39 is 0 Å². The van der Waals surface area contributed by atoms with Gasteiger partial charge in [0.15, 0.2) is 0 Å². The van der Waals surface area contributed by atoms with Crippen molar-refractivity contribution >= 4 is 23.2 Å². The maximum absolute atomic E-state index is 12.4. The number of fused-ring (bicyclic) bond motifs is 1. The maximum atomic E-state index is 12.4. The van der Waals surface area contributed by atoms with E-state index in [1.165, 1.54) is 6.92 Å². The quantitative estimate of drug-likeness (QED) is 0.945. The summed E-state index contributed by atoms with van der Waals surface area (Å²) in [5.41, 5.74) is 2.83. The van der Waals surface area contributed by atoms with Gasteiger partial charge in [-0.2, -0.15) is 5.26 Å². The molecule has 1 aliphatic heterocycles. The summed E-state index contributed by atoms with van der Waals surface area (Å²) in [7, 11) is 0. The van der Waals surface area contributed by atoms with Crippen LogP contribution in [0, 0.1) is 11.3 Å². The van der Waals surface area contributed by atoms with Crippen molar-refractivity contribution in [3.05, 3.63) is 59.7 Å². The molecule has 0 fully saturated rings. The first-order valence-corrected chi connectivity index (χ1v) is 7.76. The minimum atomic E-state index is -0.164. The Balaban J connectivity index is 1.76. The summed E-state index contributed by atoms with van der Waals surface area (Å²) >= 11 is 0. The van der Waals surface area contributed by atoms with E-state index in [-0.39, 0.29) is 24.2 Å². The van der Waals surface area contributed by atoms with Crippen molar-refractivity contribution in [2.45, 2.75) is 19.3 Å².